The third-order valence-corrected chi connectivity index (χ3v) is 3.40. The van der Waals surface area contributed by atoms with Gasteiger partial charge < -0.3 is 20.8 Å². The van der Waals surface area contributed by atoms with Gasteiger partial charge in [-0.05, 0) is 32.7 Å². The molecule has 19 heavy (non-hydrogen) atoms. The van der Waals surface area contributed by atoms with E-state index in [1.807, 2.05) is 0 Å². The number of piperidine rings is 1. The molecular formula is C12H20N2O5. The topological polar surface area (TPSA) is 116 Å². The zero-order chi connectivity index (χ0) is 14.5. The molecule has 1 aliphatic heterocycles. The van der Waals surface area contributed by atoms with Crippen LogP contribution in [0.2, 0.25) is 0 Å². The first-order valence-corrected chi connectivity index (χ1v) is 6.31. The summed E-state index contributed by atoms with van der Waals surface area (Å²) in [5.41, 5.74) is -0.630. The Morgan fingerprint density at radius 1 is 1.37 bits per heavy atom. The molecule has 7 heteroatoms. The molecule has 7 nitrogen and oxygen atoms in total. The first-order valence-electron chi connectivity index (χ1n) is 6.31. The average molecular weight is 272 g/mol. The highest BCUT2D eigenvalue weighted by atomic mass is 16.4. The molecule has 1 amide bonds. The summed E-state index contributed by atoms with van der Waals surface area (Å²) in [5, 5.41) is 23.1. The molecule has 1 rings (SSSR count). The van der Waals surface area contributed by atoms with E-state index >= 15 is 0 Å². The van der Waals surface area contributed by atoms with Gasteiger partial charge in [-0.2, -0.15) is 0 Å². The Morgan fingerprint density at radius 2 is 2.05 bits per heavy atom. The number of aliphatic carboxylic acids is 2. The van der Waals surface area contributed by atoms with Gasteiger partial charge in [0.15, 0.2) is 0 Å². The van der Waals surface area contributed by atoms with E-state index in [0.29, 0.717) is 13.0 Å². The lowest BCUT2D eigenvalue weighted by Crippen LogP contribution is -2.52. The van der Waals surface area contributed by atoms with Crippen LogP contribution in [-0.4, -0.2) is 47.2 Å². The van der Waals surface area contributed by atoms with Crippen LogP contribution in [0, 0.1) is 5.41 Å². The number of carboxylic acid groups (broad SMARTS) is 2. The summed E-state index contributed by atoms with van der Waals surface area (Å²) in [7, 11) is 0. The summed E-state index contributed by atoms with van der Waals surface area (Å²) in [6.07, 6.45) is 1.15. The molecule has 0 aliphatic carbocycles. The number of hydrogen-bond acceptors (Lipinski definition) is 4. The number of hydrogen-bond donors (Lipinski definition) is 4. The number of carbonyl (C=O) groups is 3. The van der Waals surface area contributed by atoms with E-state index in [-0.39, 0.29) is 18.7 Å². The molecule has 0 aromatic rings. The van der Waals surface area contributed by atoms with Crippen LogP contribution in [0.1, 0.15) is 32.6 Å². The molecule has 2 atom stereocenters. The lowest BCUT2D eigenvalue weighted by molar-refractivity contribution is -0.145. The second-order valence-electron chi connectivity index (χ2n) is 5.14. The fourth-order valence-electron chi connectivity index (χ4n) is 2.11. The van der Waals surface area contributed by atoms with Gasteiger partial charge >= 0.3 is 11.9 Å². The van der Waals surface area contributed by atoms with E-state index in [1.54, 1.807) is 6.92 Å². The van der Waals surface area contributed by atoms with Crippen molar-refractivity contribution >= 4 is 17.8 Å². The molecule has 0 saturated carbocycles. The maximum absolute atomic E-state index is 12.1. The molecule has 108 valence electrons. The Kier molecular flexibility index (Phi) is 5.29. The van der Waals surface area contributed by atoms with Crippen LogP contribution in [0.5, 0.6) is 0 Å². The van der Waals surface area contributed by atoms with Gasteiger partial charge in [0.2, 0.25) is 5.91 Å². The second-order valence-corrected chi connectivity index (χ2v) is 5.14. The van der Waals surface area contributed by atoms with Crippen LogP contribution >= 0.6 is 0 Å². The van der Waals surface area contributed by atoms with Gasteiger partial charge in [0.1, 0.15) is 6.04 Å². The number of nitrogens with one attached hydrogen (secondary N) is 2. The summed E-state index contributed by atoms with van der Waals surface area (Å²) in [6.45, 7) is 3.14. The lowest BCUT2D eigenvalue weighted by Gasteiger charge is -2.33. The molecule has 0 bridgehead atoms. The van der Waals surface area contributed by atoms with Crippen molar-refractivity contribution in [2.45, 2.75) is 38.6 Å². The SMILES string of the molecule is CC1(C(=O)NC(CCC(=O)O)C(=O)O)CCCNC1. The van der Waals surface area contributed by atoms with Gasteiger partial charge in [-0.3, -0.25) is 9.59 Å². The van der Waals surface area contributed by atoms with Crippen molar-refractivity contribution in [3.63, 3.8) is 0 Å². The van der Waals surface area contributed by atoms with Crippen molar-refractivity contribution in [2.75, 3.05) is 13.1 Å². The smallest absolute Gasteiger partial charge is 0.326 e. The van der Waals surface area contributed by atoms with Crippen molar-refractivity contribution in [1.82, 2.24) is 10.6 Å². The minimum Gasteiger partial charge on any atom is -0.481 e. The van der Waals surface area contributed by atoms with E-state index in [1.165, 1.54) is 0 Å². The molecule has 0 aromatic heterocycles. The molecule has 1 saturated heterocycles. The minimum absolute atomic E-state index is 0.111. The van der Waals surface area contributed by atoms with E-state index in [0.717, 1.165) is 13.0 Å². The highest BCUT2D eigenvalue weighted by Gasteiger charge is 2.36. The number of amides is 1. The van der Waals surface area contributed by atoms with Crippen molar-refractivity contribution in [3.05, 3.63) is 0 Å². The van der Waals surface area contributed by atoms with E-state index in [9.17, 15) is 14.4 Å². The van der Waals surface area contributed by atoms with Gasteiger partial charge in [-0.1, -0.05) is 0 Å². The zero-order valence-corrected chi connectivity index (χ0v) is 10.9. The molecule has 1 heterocycles. The predicted molar refractivity (Wildman–Crippen MR) is 66.6 cm³/mol. The summed E-state index contributed by atoms with van der Waals surface area (Å²) < 4.78 is 0. The molecule has 0 aromatic carbocycles. The van der Waals surface area contributed by atoms with Gasteiger partial charge in [0.05, 0.1) is 5.41 Å². The van der Waals surface area contributed by atoms with Crippen molar-refractivity contribution in [3.8, 4) is 0 Å². The van der Waals surface area contributed by atoms with Crippen LogP contribution in [0.3, 0.4) is 0 Å². The highest BCUT2D eigenvalue weighted by Crippen LogP contribution is 2.25. The fraction of sp³-hybridized carbons (Fsp3) is 0.750. The van der Waals surface area contributed by atoms with Crippen molar-refractivity contribution in [1.29, 1.82) is 0 Å². The Balaban J connectivity index is 2.59. The van der Waals surface area contributed by atoms with Gasteiger partial charge in [-0.25, -0.2) is 4.79 Å². The Morgan fingerprint density at radius 3 is 2.53 bits per heavy atom. The summed E-state index contributed by atoms with van der Waals surface area (Å²) >= 11 is 0. The fourth-order valence-corrected chi connectivity index (χ4v) is 2.11. The normalized spacial score (nSPS) is 24.5. The summed E-state index contributed by atoms with van der Waals surface area (Å²) in [4.78, 5) is 33.6. The molecule has 4 N–H and O–H groups in total. The van der Waals surface area contributed by atoms with Gasteiger partial charge in [0.25, 0.3) is 0 Å². The van der Waals surface area contributed by atoms with Crippen LogP contribution in [0.15, 0.2) is 0 Å². The standard InChI is InChI=1S/C12H20N2O5/c1-12(5-2-6-13-7-12)11(19)14-8(10(17)18)3-4-9(15)16/h8,13H,2-7H2,1H3,(H,14,19)(H,15,16)(H,17,18). The zero-order valence-electron chi connectivity index (χ0n) is 10.9. The highest BCUT2D eigenvalue weighted by molar-refractivity contribution is 5.87. The predicted octanol–water partition coefficient (Wildman–Crippen LogP) is -0.190. The van der Waals surface area contributed by atoms with Crippen LogP contribution in [0.25, 0.3) is 0 Å². The number of carbonyl (C=O) groups excluding carboxylic acids is 1. The quantitative estimate of drug-likeness (QED) is 0.532. The Labute approximate surface area is 111 Å². The van der Waals surface area contributed by atoms with E-state index in [4.69, 9.17) is 10.2 Å². The van der Waals surface area contributed by atoms with Gasteiger partial charge in [-0.15, -0.1) is 0 Å². The maximum Gasteiger partial charge on any atom is 0.326 e. The molecular weight excluding hydrogens is 252 g/mol. The Bertz CT molecular complexity index is 363. The molecule has 1 aliphatic rings. The summed E-state index contributed by atoms with van der Waals surface area (Å²) in [5.74, 6) is -2.62. The van der Waals surface area contributed by atoms with Crippen LogP contribution < -0.4 is 10.6 Å². The third-order valence-electron chi connectivity index (χ3n) is 3.40. The minimum atomic E-state index is -1.21. The average Bonchev–Trinajstić information content (AvgIpc) is 2.34. The first kappa shape index (κ1) is 15.4. The van der Waals surface area contributed by atoms with Crippen LogP contribution in [0.4, 0.5) is 0 Å². The molecule has 0 spiro atoms. The van der Waals surface area contributed by atoms with E-state index in [2.05, 4.69) is 10.6 Å². The van der Waals surface area contributed by atoms with Crippen molar-refractivity contribution in [2.24, 2.45) is 5.41 Å². The largest absolute Gasteiger partial charge is 0.481 e. The Hall–Kier alpha value is -1.63. The van der Waals surface area contributed by atoms with Gasteiger partial charge in [0, 0.05) is 13.0 Å². The lowest BCUT2D eigenvalue weighted by atomic mass is 9.81. The van der Waals surface area contributed by atoms with E-state index < -0.39 is 23.4 Å². The number of rotatable bonds is 6. The molecule has 2 unspecified atom stereocenters. The molecule has 0 radical (unpaired) electrons. The maximum atomic E-state index is 12.1. The monoisotopic (exact) mass is 272 g/mol. The number of carboxylic acids is 2. The second kappa shape index (κ2) is 6.51. The van der Waals surface area contributed by atoms with Crippen molar-refractivity contribution < 1.29 is 24.6 Å². The summed E-state index contributed by atoms with van der Waals surface area (Å²) in [6, 6.07) is -1.15. The van der Waals surface area contributed by atoms with Crippen LogP contribution in [-0.2, 0) is 14.4 Å². The molecule has 1 fully saturated rings. The first-order chi connectivity index (χ1) is 8.85. The third kappa shape index (κ3) is 4.51.